The molecule has 0 saturated heterocycles. The molecule has 5 heteroatoms. The van der Waals surface area contributed by atoms with Crippen LogP contribution < -0.4 is 4.72 Å². The molecule has 0 heterocycles. The summed E-state index contributed by atoms with van der Waals surface area (Å²) in [5.74, 6) is 0. The number of rotatable bonds is 4. The van der Waals surface area contributed by atoms with Crippen LogP contribution in [0.1, 0.15) is 0 Å². The zero-order valence-electron chi connectivity index (χ0n) is 12.1. The molecule has 23 heavy (non-hydrogen) atoms. The van der Waals surface area contributed by atoms with Crippen LogP contribution in [0.2, 0.25) is 5.02 Å². The standard InChI is InChI=1S/C18H14ClNO2S/c19-16-8-10-17(11-9-16)20-23(21,22)18-12-6-15(7-13-18)14-4-2-1-3-5-14/h1-13,20H. The van der Waals surface area contributed by atoms with E-state index in [1.165, 1.54) is 0 Å². The summed E-state index contributed by atoms with van der Waals surface area (Å²) in [7, 11) is -3.62. The molecule has 3 nitrogen and oxygen atoms in total. The van der Waals surface area contributed by atoms with Crippen LogP contribution >= 0.6 is 11.6 Å². The van der Waals surface area contributed by atoms with Gasteiger partial charge in [-0.25, -0.2) is 8.42 Å². The first-order valence-corrected chi connectivity index (χ1v) is 8.85. The SMILES string of the molecule is O=S(=O)(Nc1ccc(Cl)cc1)c1ccc(-c2ccccc2)cc1. The molecular weight excluding hydrogens is 330 g/mol. The van der Waals surface area contributed by atoms with Crippen molar-refractivity contribution >= 4 is 27.3 Å². The summed E-state index contributed by atoms with van der Waals surface area (Å²) in [5.41, 5.74) is 2.49. The monoisotopic (exact) mass is 343 g/mol. The third-order valence-corrected chi connectivity index (χ3v) is 5.02. The quantitative estimate of drug-likeness (QED) is 0.739. The van der Waals surface area contributed by atoms with E-state index in [2.05, 4.69) is 4.72 Å². The molecule has 3 aromatic carbocycles. The second-order valence-corrected chi connectivity index (χ2v) is 7.12. The van der Waals surface area contributed by atoms with E-state index in [1.807, 2.05) is 30.3 Å². The van der Waals surface area contributed by atoms with Gasteiger partial charge in [-0.2, -0.15) is 0 Å². The van der Waals surface area contributed by atoms with Gasteiger partial charge in [0.05, 0.1) is 4.90 Å². The predicted molar refractivity (Wildman–Crippen MR) is 94.1 cm³/mol. The topological polar surface area (TPSA) is 46.2 Å². The molecule has 3 aromatic rings. The summed E-state index contributed by atoms with van der Waals surface area (Å²) in [5, 5.41) is 0.556. The van der Waals surface area contributed by atoms with Crippen LogP contribution in [0.4, 0.5) is 5.69 Å². The summed E-state index contributed by atoms with van der Waals surface area (Å²) < 4.78 is 27.3. The molecule has 0 atom stereocenters. The third kappa shape index (κ3) is 3.73. The molecule has 0 saturated carbocycles. The minimum Gasteiger partial charge on any atom is -0.280 e. The fourth-order valence-corrected chi connectivity index (χ4v) is 3.37. The van der Waals surface area contributed by atoms with Crippen molar-refractivity contribution in [1.29, 1.82) is 0 Å². The van der Waals surface area contributed by atoms with Crippen molar-refractivity contribution in [3.05, 3.63) is 83.9 Å². The van der Waals surface area contributed by atoms with Gasteiger partial charge in [0.2, 0.25) is 0 Å². The Bertz CT molecular complexity index is 890. The lowest BCUT2D eigenvalue weighted by Crippen LogP contribution is -2.12. The smallest absolute Gasteiger partial charge is 0.261 e. The molecule has 0 aliphatic heterocycles. The van der Waals surface area contributed by atoms with Crippen LogP contribution in [0.5, 0.6) is 0 Å². The Morgan fingerprint density at radius 1 is 0.696 bits per heavy atom. The molecule has 0 unspecified atom stereocenters. The Labute approximate surface area is 140 Å². The summed E-state index contributed by atoms with van der Waals surface area (Å²) in [6.45, 7) is 0. The van der Waals surface area contributed by atoms with Gasteiger partial charge < -0.3 is 0 Å². The third-order valence-electron chi connectivity index (χ3n) is 3.37. The molecule has 116 valence electrons. The van der Waals surface area contributed by atoms with Gasteiger partial charge in [-0.1, -0.05) is 54.1 Å². The van der Waals surface area contributed by atoms with Gasteiger partial charge in [-0.3, -0.25) is 4.72 Å². The average Bonchev–Trinajstić information content (AvgIpc) is 2.58. The van der Waals surface area contributed by atoms with E-state index in [0.717, 1.165) is 11.1 Å². The second kappa shape index (κ2) is 6.44. The minimum absolute atomic E-state index is 0.215. The van der Waals surface area contributed by atoms with E-state index in [0.29, 0.717) is 10.7 Å². The van der Waals surface area contributed by atoms with Gasteiger partial charge in [-0.05, 0) is 47.5 Å². The van der Waals surface area contributed by atoms with Gasteiger partial charge in [0.25, 0.3) is 10.0 Å². The van der Waals surface area contributed by atoms with E-state index in [-0.39, 0.29) is 4.90 Å². The number of hydrogen-bond donors (Lipinski definition) is 1. The highest BCUT2D eigenvalue weighted by Gasteiger charge is 2.14. The summed E-state index contributed by atoms with van der Waals surface area (Å²) >= 11 is 5.80. The maximum absolute atomic E-state index is 12.4. The van der Waals surface area contributed by atoms with E-state index in [4.69, 9.17) is 11.6 Å². The fraction of sp³-hybridized carbons (Fsp3) is 0. The molecule has 0 aromatic heterocycles. The summed E-state index contributed by atoms with van der Waals surface area (Å²) in [6, 6.07) is 23.1. The molecule has 1 N–H and O–H groups in total. The van der Waals surface area contributed by atoms with Crippen molar-refractivity contribution in [2.75, 3.05) is 4.72 Å². The number of anilines is 1. The maximum Gasteiger partial charge on any atom is 0.261 e. The Balaban J connectivity index is 1.84. The van der Waals surface area contributed by atoms with E-state index in [1.54, 1.807) is 48.5 Å². The van der Waals surface area contributed by atoms with E-state index < -0.39 is 10.0 Å². The molecule has 0 fully saturated rings. The molecule has 0 spiro atoms. The van der Waals surface area contributed by atoms with E-state index in [9.17, 15) is 8.42 Å². The van der Waals surface area contributed by atoms with Crippen molar-refractivity contribution in [2.45, 2.75) is 4.90 Å². The van der Waals surface area contributed by atoms with Crippen LogP contribution in [-0.4, -0.2) is 8.42 Å². The molecule has 0 radical (unpaired) electrons. The van der Waals surface area contributed by atoms with Gasteiger partial charge in [0.15, 0.2) is 0 Å². The lowest BCUT2D eigenvalue weighted by atomic mass is 10.1. The summed E-state index contributed by atoms with van der Waals surface area (Å²) in [6.07, 6.45) is 0. The molecular formula is C18H14ClNO2S. The Morgan fingerprint density at radius 2 is 1.26 bits per heavy atom. The van der Waals surface area contributed by atoms with Gasteiger partial charge in [0.1, 0.15) is 0 Å². The first-order valence-electron chi connectivity index (χ1n) is 6.98. The second-order valence-electron chi connectivity index (χ2n) is 5.00. The van der Waals surface area contributed by atoms with Crippen molar-refractivity contribution in [1.82, 2.24) is 0 Å². The highest BCUT2D eigenvalue weighted by atomic mass is 35.5. The van der Waals surface area contributed by atoms with Crippen LogP contribution in [-0.2, 0) is 10.0 Å². The van der Waals surface area contributed by atoms with Crippen molar-refractivity contribution < 1.29 is 8.42 Å². The average molecular weight is 344 g/mol. The van der Waals surface area contributed by atoms with Crippen LogP contribution in [0.15, 0.2) is 83.8 Å². The summed E-state index contributed by atoms with van der Waals surface area (Å²) in [4.78, 5) is 0.215. The maximum atomic E-state index is 12.4. The zero-order valence-corrected chi connectivity index (χ0v) is 13.7. The number of hydrogen-bond acceptors (Lipinski definition) is 2. The molecule has 3 rings (SSSR count). The number of benzene rings is 3. The number of sulfonamides is 1. The lowest BCUT2D eigenvalue weighted by Gasteiger charge is -2.09. The fourth-order valence-electron chi connectivity index (χ4n) is 2.19. The first-order chi connectivity index (χ1) is 11.0. The minimum atomic E-state index is -3.62. The van der Waals surface area contributed by atoms with Gasteiger partial charge in [0, 0.05) is 10.7 Å². The predicted octanol–water partition coefficient (Wildman–Crippen LogP) is 4.81. The van der Waals surface area contributed by atoms with E-state index >= 15 is 0 Å². The Morgan fingerprint density at radius 3 is 1.87 bits per heavy atom. The first kappa shape index (κ1) is 15.6. The number of nitrogens with one attached hydrogen (secondary N) is 1. The van der Waals surface area contributed by atoms with Crippen LogP contribution in [0.25, 0.3) is 11.1 Å². The molecule has 0 bridgehead atoms. The Hall–Kier alpha value is -2.30. The van der Waals surface area contributed by atoms with Crippen molar-refractivity contribution in [3.63, 3.8) is 0 Å². The normalized spacial score (nSPS) is 11.2. The highest BCUT2D eigenvalue weighted by molar-refractivity contribution is 7.92. The Kier molecular flexibility index (Phi) is 4.37. The van der Waals surface area contributed by atoms with Gasteiger partial charge in [-0.15, -0.1) is 0 Å². The van der Waals surface area contributed by atoms with Gasteiger partial charge >= 0.3 is 0 Å². The zero-order chi connectivity index (χ0) is 16.3. The lowest BCUT2D eigenvalue weighted by molar-refractivity contribution is 0.601. The highest BCUT2D eigenvalue weighted by Crippen LogP contribution is 2.23. The molecule has 0 aliphatic rings. The van der Waals surface area contributed by atoms with Crippen LogP contribution in [0, 0.1) is 0 Å². The molecule has 0 amide bonds. The van der Waals surface area contributed by atoms with Crippen molar-refractivity contribution in [2.24, 2.45) is 0 Å². The number of halogens is 1. The van der Waals surface area contributed by atoms with Crippen LogP contribution in [0.3, 0.4) is 0 Å². The largest absolute Gasteiger partial charge is 0.280 e. The molecule has 0 aliphatic carbocycles. The van der Waals surface area contributed by atoms with Crippen molar-refractivity contribution in [3.8, 4) is 11.1 Å².